The highest BCUT2D eigenvalue weighted by Gasteiger charge is 2.45. The van der Waals surface area contributed by atoms with Gasteiger partial charge < -0.3 is 14.2 Å². The molecule has 3 heterocycles. The smallest absolute Gasteiger partial charge is 0.343 e. The maximum atomic E-state index is 13.0. The van der Waals surface area contributed by atoms with E-state index in [1.165, 1.54) is 6.07 Å². The van der Waals surface area contributed by atoms with Crippen LogP contribution in [0.2, 0.25) is 0 Å². The van der Waals surface area contributed by atoms with E-state index < -0.39 is 5.97 Å². The average Bonchev–Trinajstić information content (AvgIpc) is 3.18. The number of benzene rings is 2. The number of methoxy groups -OCH3 is 1. The molecule has 1 atom stereocenters. The molecule has 0 bridgehead atoms. The number of esters is 1. The summed E-state index contributed by atoms with van der Waals surface area (Å²) in [5.74, 6) is 0.659. The fourth-order valence-corrected chi connectivity index (χ4v) is 5.22. The summed E-state index contributed by atoms with van der Waals surface area (Å²) in [6.07, 6.45) is 3.53. The molecule has 7 nitrogen and oxygen atoms in total. The Bertz CT molecular complexity index is 1330. The lowest BCUT2D eigenvalue weighted by Crippen LogP contribution is -2.50. The fraction of sp³-hybridized carbons (Fsp3) is 0.357. The van der Waals surface area contributed by atoms with Gasteiger partial charge in [0.1, 0.15) is 12.2 Å². The number of fused-ring (bicyclic) bond motifs is 6. The van der Waals surface area contributed by atoms with E-state index in [0.717, 1.165) is 35.2 Å². The molecule has 0 amide bonds. The largest absolute Gasteiger partial charge is 0.493 e. The van der Waals surface area contributed by atoms with Gasteiger partial charge in [0.05, 0.1) is 31.0 Å². The molecule has 35 heavy (non-hydrogen) atoms. The zero-order valence-electron chi connectivity index (χ0n) is 20.5. The minimum atomic E-state index is -0.602. The molecule has 0 radical (unpaired) electrons. The van der Waals surface area contributed by atoms with Crippen molar-refractivity contribution in [2.45, 2.75) is 51.8 Å². The molecule has 5 rings (SSSR count). The number of aromatic nitrogens is 1. The number of ether oxygens (including phenoxy) is 3. The Morgan fingerprint density at radius 1 is 1.11 bits per heavy atom. The van der Waals surface area contributed by atoms with Gasteiger partial charge in [0.15, 0.2) is 16.9 Å². The molecule has 0 spiro atoms. The maximum Gasteiger partial charge on any atom is 0.343 e. The summed E-state index contributed by atoms with van der Waals surface area (Å²) in [5, 5.41) is 2.26. The Kier molecular flexibility index (Phi) is 5.79. The van der Waals surface area contributed by atoms with E-state index in [9.17, 15) is 9.59 Å². The van der Waals surface area contributed by atoms with Crippen LogP contribution in [0.3, 0.4) is 0 Å². The second kappa shape index (κ2) is 8.80. The second-order valence-electron chi connectivity index (χ2n) is 9.58. The summed E-state index contributed by atoms with van der Waals surface area (Å²) in [5.41, 5.74) is 3.28. The van der Waals surface area contributed by atoms with E-state index in [-0.39, 0.29) is 29.2 Å². The number of carbonyl (C=O) groups is 1. The molecule has 2 aliphatic rings. The molecule has 2 aliphatic heterocycles. The summed E-state index contributed by atoms with van der Waals surface area (Å²) in [7, 11) is 1.61. The monoisotopic (exact) mass is 474 g/mol. The Labute approximate surface area is 204 Å². The third-order valence-electron chi connectivity index (χ3n) is 6.91. The lowest BCUT2D eigenvalue weighted by atomic mass is 9.93. The van der Waals surface area contributed by atoms with Crippen LogP contribution in [0.1, 0.15) is 61.1 Å². The number of pyridine rings is 1. The number of hydrogen-bond donors (Lipinski definition) is 0. The highest BCUT2D eigenvalue weighted by atomic mass is 16.5. The molecule has 1 aromatic heterocycles. The van der Waals surface area contributed by atoms with Crippen molar-refractivity contribution in [1.29, 1.82) is 0 Å². The number of nitrogens with zero attached hydrogens (tertiary/aromatic N) is 2. The molecule has 0 aliphatic carbocycles. The molecular weight excluding hydrogens is 444 g/mol. The molecule has 1 unspecified atom stereocenters. The van der Waals surface area contributed by atoms with Crippen molar-refractivity contribution in [3.8, 4) is 22.8 Å². The zero-order valence-corrected chi connectivity index (χ0v) is 20.5. The minimum Gasteiger partial charge on any atom is -0.493 e. The van der Waals surface area contributed by atoms with Gasteiger partial charge in [-0.25, -0.2) is 4.79 Å². The highest BCUT2D eigenvalue weighted by Crippen LogP contribution is 2.50. The number of carbonyl (C=O) groups excluding carboxylic acids is 1. The van der Waals surface area contributed by atoms with Crippen molar-refractivity contribution in [3.63, 3.8) is 0 Å². The first kappa shape index (κ1) is 23.0. The first-order chi connectivity index (χ1) is 16.8. The predicted octanol–water partition coefficient (Wildman–Crippen LogP) is 4.84. The van der Waals surface area contributed by atoms with Crippen LogP contribution in [0.5, 0.6) is 11.5 Å². The molecule has 182 valence electrons. The van der Waals surface area contributed by atoms with Crippen LogP contribution < -0.4 is 19.9 Å². The first-order valence-corrected chi connectivity index (χ1v) is 12.0. The Morgan fingerprint density at radius 3 is 2.60 bits per heavy atom. The van der Waals surface area contributed by atoms with Crippen LogP contribution in [0, 0.1) is 0 Å². The van der Waals surface area contributed by atoms with Gasteiger partial charge in [-0.05, 0) is 56.9 Å². The average molecular weight is 475 g/mol. The summed E-state index contributed by atoms with van der Waals surface area (Å²) in [4.78, 5) is 25.5. The van der Waals surface area contributed by atoms with Gasteiger partial charge in [-0.1, -0.05) is 30.3 Å². The van der Waals surface area contributed by atoms with Crippen molar-refractivity contribution >= 4 is 5.97 Å². The predicted molar refractivity (Wildman–Crippen MR) is 134 cm³/mol. The van der Waals surface area contributed by atoms with Gasteiger partial charge in [-0.2, -0.15) is 0 Å². The van der Waals surface area contributed by atoms with Crippen molar-refractivity contribution in [3.05, 3.63) is 81.6 Å². The van der Waals surface area contributed by atoms with Crippen LogP contribution in [-0.2, 0) is 11.3 Å². The normalized spacial score (nSPS) is 17.3. The van der Waals surface area contributed by atoms with E-state index in [4.69, 9.17) is 14.2 Å². The minimum absolute atomic E-state index is 0.0373. The number of hydrogen-bond acceptors (Lipinski definition) is 6. The maximum absolute atomic E-state index is 13.0. The van der Waals surface area contributed by atoms with E-state index in [0.29, 0.717) is 18.1 Å². The van der Waals surface area contributed by atoms with Crippen LogP contribution in [-0.4, -0.2) is 29.9 Å². The Balaban J connectivity index is 1.64. The Hall–Kier alpha value is -3.74. The third-order valence-corrected chi connectivity index (χ3v) is 6.91. The topological polar surface area (TPSA) is 70.0 Å². The fourth-order valence-electron chi connectivity index (χ4n) is 5.22. The lowest BCUT2D eigenvalue weighted by molar-refractivity contribution is 0.0523. The van der Waals surface area contributed by atoms with Crippen molar-refractivity contribution in [2.24, 2.45) is 0 Å². The van der Waals surface area contributed by atoms with Gasteiger partial charge in [-0.3, -0.25) is 14.5 Å². The van der Waals surface area contributed by atoms with Gasteiger partial charge in [-0.15, -0.1) is 0 Å². The van der Waals surface area contributed by atoms with E-state index in [2.05, 4.69) is 18.9 Å². The van der Waals surface area contributed by atoms with E-state index >= 15 is 0 Å². The number of rotatable bonds is 6. The molecule has 7 heteroatoms. The summed E-state index contributed by atoms with van der Waals surface area (Å²) < 4.78 is 19.0. The summed E-state index contributed by atoms with van der Waals surface area (Å²) in [6, 6.07) is 15.6. The van der Waals surface area contributed by atoms with Crippen LogP contribution in [0.25, 0.3) is 11.3 Å². The van der Waals surface area contributed by atoms with Crippen molar-refractivity contribution in [1.82, 2.24) is 4.68 Å². The molecule has 2 aromatic carbocycles. The van der Waals surface area contributed by atoms with Crippen LogP contribution >= 0.6 is 0 Å². The molecule has 0 saturated carbocycles. The summed E-state index contributed by atoms with van der Waals surface area (Å²) >= 11 is 0. The van der Waals surface area contributed by atoms with Gasteiger partial charge in [0, 0.05) is 17.8 Å². The van der Waals surface area contributed by atoms with Crippen LogP contribution in [0.15, 0.2) is 59.5 Å². The summed E-state index contributed by atoms with van der Waals surface area (Å²) in [6.45, 7) is 6.73. The first-order valence-electron chi connectivity index (χ1n) is 12.0. The second-order valence-corrected chi connectivity index (χ2v) is 9.58. The SMILES string of the molecule is CCOC(=O)c1cn2c(cc1=O)-c1cc(OC)c(OCc3ccccc3)cc1C1CCC(C)(C)N12. The van der Waals surface area contributed by atoms with Crippen molar-refractivity contribution in [2.75, 3.05) is 18.7 Å². The van der Waals surface area contributed by atoms with Gasteiger partial charge >= 0.3 is 5.97 Å². The Morgan fingerprint density at radius 2 is 1.89 bits per heavy atom. The molecule has 1 fully saturated rings. The molecular formula is C28H30N2O5. The lowest BCUT2D eigenvalue weighted by Gasteiger charge is -2.44. The van der Waals surface area contributed by atoms with E-state index in [1.807, 2.05) is 47.1 Å². The van der Waals surface area contributed by atoms with E-state index in [1.54, 1.807) is 20.2 Å². The quantitative estimate of drug-likeness (QED) is 0.476. The molecule has 1 saturated heterocycles. The third kappa shape index (κ3) is 3.95. The zero-order chi connectivity index (χ0) is 24.7. The van der Waals surface area contributed by atoms with Crippen LogP contribution in [0.4, 0.5) is 0 Å². The van der Waals surface area contributed by atoms with Crippen molar-refractivity contribution < 1.29 is 19.0 Å². The highest BCUT2D eigenvalue weighted by molar-refractivity contribution is 5.89. The van der Waals surface area contributed by atoms with Gasteiger partial charge in [0.2, 0.25) is 0 Å². The molecule has 0 N–H and O–H groups in total. The van der Waals surface area contributed by atoms with Gasteiger partial charge in [0.25, 0.3) is 0 Å². The standard InChI is InChI=1S/C28H30N2O5/c1-5-34-27(32)21-16-29-23(15-24(21)31)20-13-25(33-4)26(35-17-18-9-7-6-8-10-18)14-19(20)22-11-12-28(2,3)30(22)29/h6-10,13-16,22H,5,11-12,17H2,1-4H3. The molecule has 3 aromatic rings.